The lowest BCUT2D eigenvalue weighted by Crippen LogP contribution is -2.20. The number of hydrogen-bond donors (Lipinski definition) is 0. The summed E-state index contributed by atoms with van der Waals surface area (Å²) >= 11 is 1.71. The number of ether oxygens (including phenoxy) is 1. The van der Waals surface area contributed by atoms with Crippen LogP contribution in [0.1, 0.15) is 13.8 Å². The molecule has 0 unspecified atom stereocenters. The van der Waals surface area contributed by atoms with Crippen molar-refractivity contribution in [3.8, 4) is 5.75 Å². The standard InChI is InChI=1S/C13H16N2O2S/c1-9(2)18-8-15-7-14-12-6-10(17-3)4-5-11(12)13(15)16/h4-7,9H,8H2,1-3H3. The zero-order valence-electron chi connectivity index (χ0n) is 10.7. The fourth-order valence-electron chi connectivity index (χ4n) is 1.59. The van der Waals surface area contributed by atoms with Crippen molar-refractivity contribution in [3.63, 3.8) is 0 Å². The molecule has 0 aliphatic carbocycles. The lowest BCUT2D eigenvalue weighted by molar-refractivity contribution is 0.415. The Bertz CT molecular complexity index is 607. The highest BCUT2D eigenvalue weighted by atomic mass is 32.2. The van der Waals surface area contributed by atoms with Gasteiger partial charge >= 0.3 is 0 Å². The number of aromatic nitrogens is 2. The van der Waals surface area contributed by atoms with Gasteiger partial charge in [-0.15, -0.1) is 11.8 Å². The summed E-state index contributed by atoms with van der Waals surface area (Å²) in [6.07, 6.45) is 1.60. The average molecular weight is 264 g/mol. The van der Waals surface area contributed by atoms with Gasteiger partial charge in [0.05, 0.1) is 30.2 Å². The number of benzene rings is 1. The van der Waals surface area contributed by atoms with Crippen molar-refractivity contribution in [2.75, 3.05) is 7.11 Å². The number of fused-ring (bicyclic) bond motifs is 1. The van der Waals surface area contributed by atoms with Gasteiger partial charge < -0.3 is 4.74 Å². The minimum Gasteiger partial charge on any atom is -0.497 e. The zero-order valence-corrected chi connectivity index (χ0v) is 11.5. The van der Waals surface area contributed by atoms with E-state index in [2.05, 4.69) is 18.8 Å². The average Bonchev–Trinajstić information content (AvgIpc) is 2.37. The molecular weight excluding hydrogens is 248 g/mol. The van der Waals surface area contributed by atoms with Gasteiger partial charge in [-0.2, -0.15) is 0 Å². The third kappa shape index (κ3) is 2.67. The maximum Gasteiger partial charge on any atom is 0.261 e. The Morgan fingerprint density at radius 3 is 2.89 bits per heavy atom. The smallest absolute Gasteiger partial charge is 0.261 e. The highest BCUT2D eigenvalue weighted by Crippen LogP contribution is 2.17. The first-order chi connectivity index (χ1) is 8.61. The molecule has 0 N–H and O–H groups in total. The Hall–Kier alpha value is -1.49. The first-order valence-electron chi connectivity index (χ1n) is 5.76. The van der Waals surface area contributed by atoms with Crippen molar-refractivity contribution >= 4 is 22.7 Å². The van der Waals surface area contributed by atoms with E-state index in [1.165, 1.54) is 0 Å². The molecule has 1 aromatic carbocycles. The van der Waals surface area contributed by atoms with Crippen molar-refractivity contribution < 1.29 is 4.74 Å². The molecule has 0 radical (unpaired) electrons. The molecular formula is C13H16N2O2S. The van der Waals surface area contributed by atoms with E-state index >= 15 is 0 Å². The topological polar surface area (TPSA) is 44.1 Å². The molecule has 2 rings (SSSR count). The van der Waals surface area contributed by atoms with E-state index in [1.54, 1.807) is 48.0 Å². The molecule has 1 heterocycles. The molecule has 4 nitrogen and oxygen atoms in total. The molecule has 0 fully saturated rings. The number of nitrogens with zero attached hydrogens (tertiary/aromatic N) is 2. The number of rotatable bonds is 4. The van der Waals surface area contributed by atoms with Crippen LogP contribution in [0.15, 0.2) is 29.3 Å². The fourth-order valence-corrected chi connectivity index (χ4v) is 2.23. The third-order valence-corrected chi connectivity index (χ3v) is 3.67. The van der Waals surface area contributed by atoms with Crippen LogP contribution >= 0.6 is 11.8 Å². The summed E-state index contributed by atoms with van der Waals surface area (Å²) in [5.74, 6) is 1.34. The first-order valence-corrected chi connectivity index (χ1v) is 6.81. The predicted molar refractivity (Wildman–Crippen MR) is 75.3 cm³/mol. The van der Waals surface area contributed by atoms with Crippen LogP contribution in [-0.2, 0) is 5.88 Å². The molecule has 0 aliphatic heterocycles. The van der Waals surface area contributed by atoms with E-state index in [0.29, 0.717) is 27.8 Å². The van der Waals surface area contributed by atoms with Crippen LogP contribution in [0, 0.1) is 0 Å². The molecule has 18 heavy (non-hydrogen) atoms. The molecule has 5 heteroatoms. The summed E-state index contributed by atoms with van der Waals surface area (Å²) in [5, 5.41) is 1.12. The van der Waals surface area contributed by atoms with Crippen molar-refractivity contribution in [2.45, 2.75) is 25.0 Å². The molecule has 0 aliphatic rings. The Balaban J connectivity index is 2.42. The minimum absolute atomic E-state index is 0.00389. The second kappa shape index (κ2) is 5.44. The van der Waals surface area contributed by atoms with Gasteiger partial charge in [-0.25, -0.2) is 4.98 Å². The Kier molecular flexibility index (Phi) is 3.91. The Labute approximate surface area is 110 Å². The van der Waals surface area contributed by atoms with Crippen molar-refractivity contribution in [1.29, 1.82) is 0 Å². The molecule has 0 saturated carbocycles. The lowest BCUT2D eigenvalue weighted by atomic mass is 10.2. The molecule has 0 atom stereocenters. The summed E-state index contributed by atoms with van der Waals surface area (Å²) < 4.78 is 6.76. The predicted octanol–water partition coefficient (Wildman–Crippen LogP) is 2.50. The quantitative estimate of drug-likeness (QED) is 0.851. The SMILES string of the molecule is COc1ccc2c(=O)n(CSC(C)C)cnc2c1. The van der Waals surface area contributed by atoms with Crippen LogP contribution in [0.5, 0.6) is 5.75 Å². The molecule has 0 saturated heterocycles. The van der Waals surface area contributed by atoms with E-state index in [0.717, 1.165) is 0 Å². The highest BCUT2D eigenvalue weighted by molar-refractivity contribution is 7.98. The van der Waals surface area contributed by atoms with Gasteiger partial charge in [0.15, 0.2) is 0 Å². The first kappa shape index (κ1) is 13.0. The van der Waals surface area contributed by atoms with Gasteiger partial charge in [-0.05, 0) is 12.1 Å². The van der Waals surface area contributed by atoms with Crippen molar-refractivity contribution in [2.24, 2.45) is 0 Å². The number of thioether (sulfide) groups is 1. The summed E-state index contributed by atoms with van der Waals surface area (Å²) in [6.45, 7) is 4.21. The van der Waals surface area contributed by atoms with Gasteiger partial charge in [0.25, 0.3) is 5.56 Å². The van der Waals surface area contributed by atoms with E-state index in [4.69, 9.17) is 4.74 Å². The van der Waals surface area contributed by atoms with Crippen molar-refractivity contribution in [1.82, 2.24) is 9.55 Å². The summed E-state index contributed by atoms with van der Waals surface area (Å²) in [6, 6.07) is 5.32. The molecule has 1 aromatic heterocycles. The van der Waals surface area contributed by atoms with Gasteiger partial charge in [0, 0.05) is 11.3 Å². The summed E-state index contributed by atoms with van der Waals surface area (Å²) in [4.78, 5) is 16.5. The van der Waals surface area contributed by atoms with E-state index in [1.807, 2.05) is 0 Å². The van der Waals surface area contributed by atoms with Crippen LogP contribution in [-0.4, -0.2) is 21.9 Å². The minimum atomic E-state index is -0.00389. The maximum absolute atomic E-state index is 12.2. The molecule has 2 aromatic rings. The largest absolute Gasteiger partial charge is 0.497 e. The lowest BCUT2D eigenvalue weighted by Gasteiger charge is -2.08. The second-order valence-corrected chi connectivity index (χ2v) is 5.78. The van der Waals surface area contributed by atoms with E-state index in [9.17, 15) is 4.79 Å². The Morgan fingerprint density at radius 1 is 1.44 bits per heavy atom. The molecule has 96 valence electrons. The van der Waals surface area contributed by atoms with E-state index in [-0.39, 0.29) is 5.56 Å². The van der Waals surface area contributed by atoms with E-state index < -0.39 is 0 Å². The second-order valence-electron chi connectivity index (χ2n) is 4.25. The maximum atomic E-state index is 12.2. The van der Waals surface area contributed by atoms with Gasteiger partial charge in [0.2, 0.25) is 0 Å². The van der Waals surface area contributed by atoms with Gasteiger partial charge in [-0.3, -0.25) is 9.36 Å². The Morgan fingerprint density at radius 2 is 2.22 bits per heavy atom. The normalized spacial score (nSPS) is 11.1. The molecule has 0 bridgehead atoms. The summed E-state index contributed by atoms with van der Waals surface area (Å²) in [7, 11) is 1.60. The summed E-state index contributed by atoms with van der Waals surface area (Å²) in [5.41, 5.74) is 0.668. The van der Waals surface area contributed by atoms with Crippen LogP contribution in [0.2, 0.25) is 0 Å². The zero-order chi connectivity index (χ0) is 13.1. The van der Waals surface area contributed by atoms with Crippen LogP contribution in [0.25, 0.3) is 10.9 Å². The van der Waals surface area contributed by atoms with Crippen molar-refractivity contribution in [3.05, 3.63) is 34.9 Å². The third-order valence-electron chi connectivity index (χ3n) is 2.58. The highest BCUT2D eigenvalue weighted by Gasteiger charge is 2.05. The fraction of sp³-hybridized carbons (Fsp3) is 0.385. The molecule has 0 amide bonds. The van der Waals surface area contributed by atoms with Crippen LogP contribution < -0.4 is 10.3 Å². The van der Waals surface area contributed by atoms with Crippen LogP contribution in [0.3, 0.4) is 0 Å². The monoisotopic (exact) mass is 264 g/mol. The van der Waals surface area contributed by atoms with Gasteiger partial charge in [0.1, 0.15) is 5.75 Å². The van der Waals surface area contributed by atoms with Gasteiger partial charge in [-0.1, -0.05) is 13.8 Å². The number of hydrogen-bond acceptors (Lipinski definition) is 4. The number of methoxy groups -OCH3 is 1. The van der Waals surface area contributed by atoms with Crippen LogP contribution in [0.4, 0.5) is 0 Å². The molecule has 0 spiro atoms.